The van der Waals surface area contributed by atoms with Gasteiger partial charge in [-0.1, -0.05) is 50.5 Å². The zero-order valence-corrected chi connectivity index (χ0v) is 12.2. The maximum atomic E-state index is 4.00. The van der Waals surface area contributed by atoms with Crippen molar-refractivity contribution < 1.29 is 0 Å². The number of fused-ring (bicyclic) bond motifs is 1. The molecule has 104 valence electrons. The van der Waals surface area contributed by atoms with E-state index in [-0.39, 0.29) is 0 Å². The van der Waals surface area contributed by atoms with Crippen LogP contribution in [0.3, 0.4) is 0 Å². The molecule has 0 saturated heterocycles. The van der Waals surface area contributed by atoms with Crippen molar-refractivity contribution in [2.75, 3.05) is 0 Å². The molecule has 1 fully saturated rings. The molecule has 2 aliphatic carbocycles. The summed E-state index contributed by atoms with van der Waals surface area (Å²) in [6.45, 7) is 2.43. The third kappa shape index (κ3) is 3.02. The van der Waals surface area contributed by atoms with Crippen molar-refractivity contribution in [1.29, 1.82) is 0 Å². The van der Waals surface area contributed by atoms with Gasteiger partial charge < -0.3 is 5.32 Å². The van der Waals surface area contributed by atoms with Crippen molar-refractivity contribution in [3.63, 3.8) is 0 Å². The van der Waals surface area contributed by atoms with Crippen molar-refractivity contribution in [3.05, 3.63) is 35.4 Å². The third-order valence-corrected chi connectivity index (χ3v) is 5.15. The van der Waals surface area contributed by atoms with Crippen LogP contribution in [-0.2, 0) is 6.42 Å². The lowest BCUT2D eigenvalue weighted by Gasteiger charge is -2.33. The van der Waals surface area contributed by atoms with E-state index >= 15 is 0 Å². The number of rotatable bonds is 2. The van der Waals surface area contributed by atoms with Gasteiger partial charge in [0, 0.05) is 12.1 Å². The molecule has 19 heavy (non-hydrogen) atoms. The molecule has 3 rings (SSSR count). The molecule has 0 bridgehead atoms. The molecule has 0 amide bonds. The minimum Gasteiger partial charge on any atom is -0.307 e. The smallest absolute Gasteiger partial charge is 0.0325 e. The van der Waals surface area contributed by atoms with Crippen LogP contribution in [-0.4, -0.2) is 6.04 Å². The molecule has 0 aromatic heterocycles. The maximum absolute atomic E-state index is 4.00. The van der Waals surface area contributed by atoms with Gasteiger partial charge >= 0.3 is 0 Å². The summed E-state index contributed by atoms with van der Waals surface area (Å²) in [6.07, 6.45) is 10.9. The van der Waals surface area contributed by atoms with E-state index in [1.807, 2.05) is 0 Å². The van der Waals surface area contributed by atoms with Gasteiger partial charge in [-0.25, -0.2) is 0 Å². The lowest BCUT2D eigenvalue weighted by molar-refractivity contribution is 0.253. The second-order valence-corrected chi connectivity index (χ2v) is 6.53. The Balaban J connectivity index is 1.76. The van der Waals surface area contributed by atoms with Gasteiger partial charge in [-0.15, -0.1) is 0 Å². The molecule has 0 radical (unpaired) electrons. The molecule has 3 unspecified atom stereocenters. The first-order valence-corrected chi connectivity index (χ1v) is 8.18. The van der Waals surface area contributed by atoms with E-state index in [4.69, 9.17) is 0 Å². The number of aryl methyl sites for hydroxylation is 1. The first-order valence-electron chi connectivity index (χ1n) is 8.18. The minimum atomic E-state index is 0.601. The van der Waals surface area contributed by atoms with Crippen molar-refractivity contribution in [2.24, 2.45) is 5.92 Å². The van der Waals surface area contributed by atoms with Gasteiger partial charge in [0.05, 0.1) is 0 Å². The number of hydrogen-bond acceptors (Lipinski definition) is 1. The molecule has 1 aromatic carbocycles. The number of nitrogens with one attached hydrogen (secondary N) is 1. The molecule has 1 saturated carbocycles. The Morgan fingerprint density at radius 3 is 2.63 bits per heavy atom. The summed E-state index contributed by atoms with van der Waals surface area (Å²) in [7, 11) is 0. The summed E-state index contributed by atoms with van der Waals surface area (Å²) in [5.74, 6) is 0.851. The predicted molar refractivity (Wildman–Crippen MR) is 81.3 cm³/mol. The molecule has 1 aromatic rings. The standard InChI is InChI=1S/C18H27N/c1-14-8-2-6-12-17(14)19-18-13-7-4-10-15-9-3-5-11-16(15)18/h3,5,9,11,14,17-19H,2,4,6-8,10,12-13H2,1H3. The fraction of sp³-hybridized carbons (Fsp3) is 0.667. The highest BCUT2D eigenvalue weighted by atomic mass is 15.0. The fourth-order valence-corrected chi connectivity index (χ4v) is 3.92. The Bertz CT molecular complexity index is 412. The average molecular weight is 257 g/mol. The van der Waals surface area contributed by atoms with Crippen molar-refractivity contribution in [3.8, 4) is 0 Å². The SMILES string of the molecule is CC1CCCCC1NC1CCCCc2ccccc21. The second-order valence-electron chi connectivity index (χ2n) is 6.53. The molecule has 2 aliphatic rings. The summed E-state index contributed by atoms with van der Waals surface area (Å²) in [6, 6.07) is 10.4. The van der Waals surface area contributed by atoms with Crippen molar-refractivity contribution >= 4 is 0 Å². The zero-order valence-electron chi connectivity index (χ0n) is 12.2. The molecule has 1 N–H and O–H groups in total. The summed E-state index contributed by atoms with van der Waals surface area (Å²) in [5, 5.41) is 4.00. The largest absolute Gasteiger partial charge is 0.307 e. The van der Waals surface area contributed by atoms with E-state index in [9.17, 15) is 0 Å². The Kier molecular flexibility index (Phi) is 4.22. The summed E-state index contributed by atoms with van der Waals surface area (Å²) in [4.78, 5) is 0. The molecule has 0 spiro atoms. The monoisotopic (exact) mass is 257 g/mol. The quantitative estimate of drug-likeness (QED) is 0.762. The van der Waals surface area contributed by atoms with Gasteiger partial charge in [0.25, 0.3) is 0 Å². The lowest BCUT2D eigenvalue weighted by Crippen LogP contribution is -2.39. The highest BCUT2D eigenvalue weighted by molar-refractivity contribution is 5.31. The highest BCUT2D eigenvalue weighted by Crippen LogP contribution is 2.32. The molecular formula is C18H27N. The van der Waals surface area contributed by atoms with Crippen LogP contribution in [0.15, 0.2) is 24.3 Å². The Morgan fingerprint density at radius 2 is 1.74 bits per heavy atom. The molecule has 3 atom stereocenters. The Morgan fingerprint density at radius 1 is 0.947 bits per heavy atom. The predicted octanol–water partition coefficient (Wildman–Crippen LogP) is 4.62. The lowest BCUT2D eigenvalue weighted by atomic mass is 9.84. The molecular weight excluding hydrogens is 230 g/mol. The van der Waals surface area contributed by atoms with Gasteiger partial charge in [-0.05, 0) is 49.1 Å². The Labute approximate surface area is 117 Å². The van der Waals surface area contributed by atoms with E-state index in [2.05, 4.69) is 36.5 Å². The van der Waals surface area contributed by atoms with Crippen molar-refractivity contribution in [1.82, 2.24) is 5.32 Å². The van der Waals surface area contributed by atoms with Crippen LogP contribution in [0, 0.1) is 5.92 Å². The van der Waals surface area contributed by atoms with E-state index < -0.39 is 0 Å². The summed E-state index contributed by atoms with van der Waals surface area (Å²) in [5.41, 5.74) is 3.17. The molecule has 1 nitrogen and oxygen atoms in total. The summed E-state index contributed by atoms with van der Waals surface area (Å²) < 4.78 is 0. The van der Waals surface area contributed by atoms with E-state index in [0.29, 0.717) is 6.04 Å². The first kappa shape index (κ1) is 13.2. The first-order chi connectivity index (χ1) is 9.34. The zero-order chi connectivity index (χ0) is 13.1. The van der Waals surface area contributed by atoms with Gasteiger partial charge in [0.2, 0.25) is 0 Å². The average Bonchev–Trinajstić information content (AvgIpc) is 2.64. The molecule has 0 aliphatic heterocycles. The Hall–Kier alpha value is -0.820. The van der Waals surface area contributed by atoms with Crippen LogP contribution in [0.1, 0.15) is 69.0 Å². The van der Waals surface area contributed by atoms with Gasteiger partial charge in [0.1, 0.15) is 0 Å². The van der Waals surface area contributed by atoms with Crippen molar-refractivity contribution in [2.45, 2.75) is 70.4 Å². The number of hydrogen-bond donors (Lipinski definition) is 1. The second kappa shape index (κ2) is 6.09. The molecule has 1 heteroatoms. The number of benzene rings is 1. The van der Waals surface area contributed by atoms with E-state index in [1.54, 1.807) is 11.1 Å². The van der Waals surface area contributed by atoms with Crippen LogP contribution < -0.4 is 5.32 Å². The van der Waals surface area contributed by atoms with Crippen LogP contribution in [0.4, 0.5) is 0 Å². The normalized spacial score (nSPS) is 31.5. The maximum Gasteiger partial charge on any atom is 0.0325 e. The van der Waals surface area contributed by atoms with Crippen LogP contribution >= 0.6 is 0 Å². The van der Waals surface area contributed by atoms with Crippen LogP contribution in [0.5, 0.6) is 0 Å². The van der Waals surface area contributed by atoms with Crippen LogP contribution in [0.2, 0.25) is 0 Å². The van der Waals surface area contributed by atoms with Gasteiger partial charge in [-0.2, -0.15) is 0 Å². The summed E-state index contributed by atoms with van der Waals surface area (Å²) >= 11 is 0. The van der Waals surface area contributed by atoms with Gasteiger partial charge in [-0.3, -0.25) is 0 Å². The van der Waals surface area contributed by atoms with Gasteiger partial charge in [0.15, 0.2) is 0 Å². The van der Waals surface area contributed by atoms with E-state index in [0.717, 1.165) is 12.0 Å². The third-order valence-electron chi connectivity index (χ3n) is 5.15. The van der Waals surface area contributed by atoms with E-state index in [1.165, 1.54) is 51.4 Å². The van der Waals surface area contributed by atoms with Crippen LogP contribution in [0.25, 0.3) is 0 Å². The fourth-order valence-electron chi connectivity index (χ4n) is 3.92. The topological polar surface area (TPSA) is 12.0 Å². The minimum absolute atomic E-state index is 0.601. The molecule has 0 heterocycles. The highest BCUT2D eigenvalue weighted by Gasteiger charge is 2.26.